The summed E-state index contributed by atoms with van der Waals surface area (Å²) in [4.78, 5) is 22.6. The van der Waals surface area contributed by atoms with Crippen LogP contribution in [0.15, 0.2) is 0 Å². The molecule has 2 fully saturated rings. The molecule has 2 heterocycles. The van der Waals surface area contributed by atoms with Gasteiger partial charge in [-0.25, -0.2) is 19.6 Å². The molecule has 2 N–H and O–H groups in total. The van der Waals surface area contributed by atoms with Gasteiger partial charge in [-0.2, -0.15) is 0 Å². The number of aliphatic hydroxyl groups is 2. The molecular formula is C8H12N2O6. The quantitative estimate of drug-likeness (QED) is 0.616. The fourth-order valence-electron chi connectivity index (χ4n) is 1.59. The Morgan fingerprint density at radius 1 is 1.38 bits per heavy atom. The molecular weight excluding hydrogens is 220 g/mol. The molecule has 0 bridgehead atoms. The van der Waals surface area contributed by atoms with Crippen molar-refractivity contribution in [3.63, 3.8) is 0 Å². The van der Waals surface area contributed by atoms with E-state index in [-0.39, 0.29) is 19.7 Å². The van der Waals surface area contributed by atoms with E-state index in [9.17, 15) is 14.7 Å². The van der Waals surface area contributed by atoms with Gasteiger partial charge in [-0.15, -0.1) is 0 Å². The second-order valence-electron chi connectivity index (χ2n) is 3.49. The van der Waals surface area contributed by atoms with E-state index in [1.54, 1.807) is 0 Å². The summed E-state index contributed by atoms with van der Waals surface area (Å²) < 4.78 is 9.49. The van der Waals surface area contributed by atoms with Gasteiger partial charge < -0.3 is 19.7 Å². The minimum Gasteiger partial charge on any atom is -0.446 e. The molecule has 0 aromatic carbocycles. The van der Waals surface area contributed by atoms with E-state index >= 15 is 0 Å². The summed E-state index contributed by atoms with van der Waals surface area (Å²) in [6.45, 7) is 0.0115. The first-order valence-corrected chi connectivity index (χ1v) is 4.84. The zero-order valence-electron chi connectivity index (χ0n) is 8.40. The van der Waals surface area contributed by atoms with Crippen molar-refractivity contribution >= 4 is 12.2 Å². The molecule has 0 aromatic rings. The highest BCUT2D eigenvalue weighted by molar-refractivity contribution is 5.76. The van der Waals surface area contributed by atoms with Gasteiger partial charge in [-0.1, -0.05) is 0 Å². The molecule has 0 aliphatic carbocycles. The molecule has 2 amide bonds. The minimum absolute atomic E-state index is 0.0235. The second-order valence-corrected chi connectivity index (χ2v) is 3.49. The Labute approximate surface area is 90.9 Å². The van der Waals surface area contributed by atoms with Crippen LogP contribution in [-0.2, 0) is 9.47 Å². The maximum Gasteiger partial charge on any atom is 0.429 e. The maximum absolute atomic E-state index is 11.4. The largest absolute Gasteiger partial charge is 0.446 e. The van der Waals surface area contributed by atoms with Crippen LogP contribution in [0.4, 0.5) is 9.59 Å². The summed E-state index contributed by atoms with van der Waals surface area (Å²) in [6, 6.07) is 0. The highest BCUT2D eigenvalue weighted by Crippen LogP contribution is 2.19. The van der Waals surface area contributed by atoms with Gasteiger partial charge in [0.15, 0.2) is 6.10 Å². The molecule has 90 valence electrons. The molecule has 0 saturated carbocycles. The third kappa shape index (κ3) is 1.76. The topological polar surface area (TPSA) is 99.5 Å². The Hall–Kier alpha value is -1.54. The molecule has 2 aliphatic heterocycles. The van der Waals surface area contributed by atoms with Crippen molar-refractivity contribution in [2.45, 2.75) is 12.2 Å². The van der Waals surface area contributed by atoms with Crippen molar-refractivity contribution in [1.82, 2.24) is 10.0 Å². The van der Waals surface area contributed by atoms with E-state index in [1.165, 1.54) is 0 Å². The van der Waals surface area contributed by atoms with Crippen molar-refractivity contribution in [2.75, 3.05) is 26.3 Å². The number of cyclic esters (lactones) is 2. The highest BCUT2D eigenvalue weighted by Gasteiger charge is 2.42. The van der Waals surface area contributed by atoms with Gasteiger partial charge in [-0.3, -0.25) is 0 Å². The molecule has 16 heavy (non-hydrogen) atoms. The number of ether oxygens (including phenoxy) is 2. The lowest BCUT2D eigenvalue weighted by Gasteiger charge is -2.22. The van der Waals surface area contributed by atoms with Gasteiger partial charge in [0.05, 0.1) is 19.7 Å². The second kappa shape index (κ2) is 4.14. The molecule has 0 spiro atoms. The normalized spacial score (nSPS) is 27.0. The molecule has 8 nitrogen and oxygen atoms in total. The summed E-state index contributed by atoms with van der Waals surface area (Å²) in [7, 11) is 0. The van der Waals surface area contributed by atoms with E-state index in [4.69, 9.17) is 9.84 Å². The first-order valence-electron chi connectivity index (χ1n) is 4.84. The molecule has 8 heteroatoms. The molecule has 2 atom stereocenters. The molecule has 2 saturated heterocycles. The lowest BCUT2D eigenvalue weighted by atomic mass is 10.2. The number of hydrazine groups is 1. The average Bonchev–Trinajstić information content (AvgIpc) is 2.83. The number of carbonyl (C=O) groups excluding carboxylic acids is 2. The van der Waals surface area contributed by atoms with Crippen LogP contribution < -0.4 is 0 Å². The Kier molecular flexibility index (Phi) is 2.84. The van der Waals surface area contributed by atoms with Crippen LogP contribution >= 0.6 is 0 Å². The Balaban J connectivity index is 2.02. The zero-order chi connectivity index (χ0) is 11.7. The fraction of sp³-hybridized carbons (Fsp3) is 0.750. The molecule has 2 unspecified atom stereocenters. The fourth-order valence-corrected chi connectivity index (χ4v) is 1.59. The van der Waals surface area contributed by atoms with Crippen molar-refractivity contribution < 1.29 is 29.3 Å². The molecule has 0 aromatic heterocycles. The van der Waals surface area contributed by atoms with Crippen molar-refractivity contribution in [3.05, 3.63) is 0 Å². The summed E-state index contributed by atoms with van der Waals surface area (Å²) >= 11 is 0. The van der Waals surface area contributed by atoms with Gasteiger partial charge in [0.1, 0.15) is 12.7 Å². The van der Waals surface area contributed by atoms with Crippen LogP contribution in [0.2, 0.25) is 0 Å². The van der Waals surface area contributed by atoms with Crippen molar-refractivity contribution in [3.8, 4) is 0 Å². The van der Waals surface area contributed by atoms with Gasteiger partial charge in [0.25, 0.3) is 0 Å². The van der Waals surface area contributed by atoms with Crippen LogP contribution in [0.25, 0.3) is 0 Å². The third-order valence-electron chi connectivity index (χ3n) is 2.46. The van der Waals surface area contributed by atoms with Gasteiger partial charge in [-0.05, 0) is 0 Å². The average molecular weight is 232 g/mol. The monoisotopic (exact) mass is 232 g/mol. The van der Waals surface area contributed by atoms with E-state index in [0.29, 0.717) is 0 Å². The molecule has 2 rings (SSSR count). The van der Waals surface area contributed by atoms with E-state index in [2.05, 4.69) is 4.74 Å². The molecule has 2 aliphatic rings. The van der Waals surface area contributed by atoms with Crippen LogP contribution in [0.3, 0.4) is 0 Å². The standard InChI is InChI=1S/C8H12N2O6/c11-4-5(12)6-3-10(8(14)16-6)9-1-2-15-7(9)13/h5-6,11-12H,1-4H2. The summed E-state index contributed by atoms with van der Waals surface area (Å²) in [5.41, 5.74) is 0. The summed E-state index contributed by atoms with van der Waals surface area (Å²) in [6.07, 6.45) is -3.31. The Morgan fingerprint density at radius 2 is 2.12 bits per heavy atom. The maximum atomic E-state index is 11.4. The lowest BCUT2D eigenvalue weighted by Crippen LogP contribution is -2.45. The van der Waals surface area contributed by atoms with Crippen LogP contribution in [0.5, 0.6) is 0 Å². The van der Waals surface area contributed by atoms with Crippen LogP contribution in [0, 0.1) is 0 Å². The van der Waals surface area contributed by atoms with E-state index < -0.39 is 31.0 Å². The number of amides is 2. The van der Waals surface area contributed by atoms with Gasteiger partial charge >= 0.3 is 12.2 Å². The smallest absolute Gasteiger partial charge is 0.429 e. The zero-order valence-corrected chi connectivity index (χ0v) is 8.40. The van der Waals surface area contributed by atoms with Crippen molar-refractivity contribution in [2.24, 2.45) is 0 Å². The first-order chi connectivity index (χ1) is 7.63. The first kappa shape index (κ1) is 11.0. The Morgan fingerprint density at radius 3 is 2.69 bits per heavy atom. The van der Waals surface area contributed by atoms with E-state index in [1.807, 2.05) is 0 Å². The predicted molar refractivity (Wildman–Crippen MR) is 48.1 cm³/mol. The third-order valence-corrected chi connectivity index (χ3v) is 2.46. The SMILES string of the molecule is O=C1OCCN1N1CC(C(O)CO)OC1=O. The number of aliphatic hydroxyl groups excluding tert-OH is 2. The molecule has 0 radical (unpaired) electrons. The van der Waals surface area contributed by atoms with Gasteiger partial charge in [0, 0.05) is 0 Å². The minimum atomic E-state index is -1.15. The van der Waals surface area contributed by atoms with Gasteiger partial charge in [0.2, 0.25) is 0 Å². The van der Waals surface area contributed by atoms with E-state index in [0.717, 1.165) is 10.0 Å². The van der Waals surface area contributed by atoms with Crippen LogP contribution in [-0.4, -0.2) is 70.9 Å². The lowest BCUT2D eigenvalue weighted by molar-refractivity contribution is -0.00127. The number of hydrogen-bond donors (Lipinski definition) is 2. The number of rotatable bonds is 3. The highest BCUT2D eigenvalue weighted by atomic mass is 16.6. The Bertz CT molecular complexity index is 309. The van der Waals surface area contributed by atoms with Crippen molar-refractivity contribution in [1.29, 1.82) is 0 Å². The summed E-state index contributed by atoms with van der Waals surface area (Å²) in [5.74, 6) is 0. The number of hydrogen-bond acceptors (Lipinski definition) is 6. The predicted octanol–water partition coefficient (Wildman–Crippen LogP) is -1.47. The number of nitrogens with zero attached hydrogens (tertiary/aromatic N) is 2. The summed E-state index contributed by atoms with van der Waals surface area (Å²) in [5, 5.41) is 20.2. The van der Waals surface area contributed by atoms with Crippen LogP contribution in [0.1, 0.15) is 0 Å². The number of carbonyl (C=O) groups is 2.